The molecule has 33 heavy (non-hydrogen) atoms. The summed E-state index contributed by atoms with van der Waals surface area (Å²) in [5, 5.41) is 17.7. The van der Waals surface area contributed by atoms with Crippen molar-refractivity contribution < 1.29 is 28.8 Å². The summed E-state index contributed by atoms with van der Waals surface area (Å²) in [4.78, 5) is 26.0. The van der Waals surface area contributed by atoms with Crippen LogP contribution in [-0.4, -0.2) is 41.4 Å². The van der Waals surface area contributed by atoms with Crippen molar-refractivity contribution in [2.24, 2.45) is 0 Å². The minimum absolute atomic E-state index is 0.0821. The van der Waals surface area contributed by atoms with Crippen LogP contribution >= 0.6 is 0 Å². The highest BCUT2D eigenvalue weighted by atomic mass is 16.6. The van der Waals surface area contributed by atoms with Gasteiger partial charge in [0, 0.05) is 17.6 Å². The van der Waals surface area contributed by atoms with Gasteiger partial charge in [0.1, 0.15) is 22.5 Å². The third kappa shape index (κ3) is 4.59. The van der Waals surface area contributed by atoms with Crippen LogP contribution in [0.4, 0.5) is 0 Å². The van der Waals surface area contributed by atoms with E-state index in [-0.39, 0.29) is 17.6 Å². The quantitative estimate of drug-likeness (QED) is 0.318. The lowest BCUT2D eigenvalue weighted by Gasteiger charge is -2.14. The van der Waals surface area contributed by atoms with E-state index in [1.165, 1.54) is 7.11 Å². The van der Waals surface area contributed by atoms with Gasteiger partial charge in [0.05, 0.1) is 19.8 Å². The number of carboxylic acids is 1. The summed E-state index contributed by atoms with van der Waals surface area (Å²) < 4.78 is 15.2. The van der Waals surface area contributed by atoms with E-state index in [1.54, 1.807) is 67.8 Å². The third-order valence-corrected chi connectivity index (χ3v) is 5.20. The number of allylic oxidation sites excluding steroid dienone is 1. The summed E-state index contributed by atoms with van der Waals surface area (Å²) in [6.07, 6.45) is 0.0821. The zero-order valence-corrected chi connectivity index (χ0v) is 17.9. The number of carbonyl (C=O) groups excluding carboxylic acids is 1. The Kier molecular flexibility index (Phi) is 6.17. The molecular weight excluding hydrogens is 424 g/mol. The first kappa shape index (κ1) is 21.8. The average Bonchev–Trinajstić information content (AvgIpc) is 3.31. The summed E-state index contributed by atoms with van der Waals surface area (Å²) in [7, 11) is 3.07. The number of carboxylic acid groups (broad SMARTS) is 1. The minimum atomic E-state index is -1.23. The van der Waals surface area contributed by atoms with Crippen LogP contribution in [0.1, 0.15) is 21.5 Å². The van der Waals surface area contributed by atoms with Crippen LogP contribution in [-0.2, 0) is 11.2 Å². The highest BCUT2D eigenvalue weighted by Gasteiger charge is 2.24. The van der Waals surface area contributed by atoms with Crippen molar-refractivity contribution in [2.75, 3.05) is 14.2 Å². The number of methoxy groups -OCH3 is 2. The van der Waals surface area contributed by atoms with Gasteiger partial charge in [0.2, 0.25) is 0 Å². The van der Waals surface area contributed by atoms with Gasteiger partial charge in [-0.2, -0.15) is 0 Å². The second-order valence-electron chi connectivity index (χ2n) is 7.21. The molecule has 0 radical (unpaired) electrons. The van der Waals surface area contributed by atoms with Crippen LogP contribution in [0.2, 0.25) is 0 Å². The molecule has 4 rings (SSSR count). The Balaban J connectivity index is 1.89. The van der Waals surface area contributed by atoms with Crippen molar-refractivity contribution in [3.8, 4) is 11.5 Å². The maximum Gasteiger partial charge on any atom is 0.336 e. The van der Waals surface area contributed by atoms with Crippen molar-refractivity contribution in [2.45, 2.75) is 6.42 Å². The standard InChI is InChI=1S/C25H20N2O6/c1-31-18-9-6-16(7-10-18)24(28)20(13-15-4-3-5-19(12-15)32-2)23(25(29)30)17-8-11-21-22(14-17)27-33-26-21/h3-12,14H,13H2,1-2H3,(H,29,30)/b23-20+. The molecule has 1 aromatic heterocycles. The molecule has 0 unspecified atom stereocenters. The molecule has 0 fully saturated rings. The van der Waals surface area contributed by atoms with Crippen LogP contribution < -0.4 is 9.47 Å². The molecule has 3 aromatic carbocycles. The summed E-state index contributed by atoms with van der Waals surface area (Å²) in [6, 6.07) is 18.4. The van der Waals surface area contributed by atoms with E-state index in [2.05, 4.69) is 10.3 Å². The van der Waals surface area contributed by atoms with Crippen molar-refractivity contribution >= 4 is 28.4 Å². The topological polar surface area (TPSA) is 112 Å². The SMILES string of the molecule is COc1ccc(C(=O)/C(Cc2cccc(OC)c2)=C(/C(=O)O)c2ccc3nonc3c2)cc1. The Hall–Kier alpha value is -4.46. The Morgan fingerprint density at radius 1 is 0.848 bits per heavy atom. The fourth-order valence-electron chi connectivity index (χ4n) is 3.55. The number of rotatable bonds is 8. The highest BCUT2D eigenvalue weighted by Crippen LogP contribution is 2.28. The Morgan fingerprint density at radius 3 is 2.24 bits per heavy atom. The van der Waals surface area contributed by atoms with E-state index in [0.29, 0.717) is 33.7 Å². The fourth-order valence-corrected chi connectivity index (χ4v) is 3.55. The van der Waals surface area contributed by atoms with E-state index >= 15 is 0 Å². The molecule has 0 spiro atoms. The van der Waals surface area contributed by atoms with Gasteiger partial charge in [0.25, 0.3) is 0 Å². The van der Waals surface area contributed by atoms with Crippen LogP contribution in [0.15, 0.2) is 76.9 Å². The van der Waals surface area contributed by atoms with Crippen LogP contribution in [0.25, 0.3) is 16.6 Å². The van der Waals surface area contributed by atoms with Crippen LogP contribution in [0.5, 0.6) is 11.5 Å². The molecule has 0 atom stereocenters. The fraction of sp³-hybridized carbons (Fsp3) is 0.120. The summed E-state index contributed by atoms with van der Waals surface area (Å²) in [5.74, 6) is -0.440. The maximum absolute atomic E-state index is 13.6. The van der Waals surface area contributed by atoms with E-state index < -0.39 is 11.8 Å². The first-order chi connectivity index (χ1) is 16.0. The number of hydrogen-bond acceptors (Lipinski definition) is 7. The zero-order valence-electron chi connectivity index (χ0n) is 17.9. The molecule has 0 bridgehead atoms. The van der Waals surface area contributed by atoms with Gasteiger partial charge in [-0.15, -0.1) is 0 Å². The molecule has 4 aromatic rings. The number of ketones is 1. The molecule has 1 N–H and O–H groups in total. The number of hydrogen-bond donors (Lipinski definition) is 1. The van der Waals surface area contributed by atoms with Crippen molar-refractivity contribution in [1.82, 2.24) is 10.3 Å². The summed E-state index contributed by atoms with van der Waals surface area (Å²) >= 11 is 0. The lowest BCUT2D eigenvalue weighted by molar-refractivity contribution is -0.130. The van der Waals surface area contributed by atoms with Gasteiger partial charge in [0.15, 0.2) is 5.78 Å². The zero-order chi connectivity index (χ0) is 23.4. The van der Waals surface area contributed by atoms with Crippen molar-refractivity contribution in [1.29, 1.82) is 0 Å². The molecule has 0 saturated heterocycles. The number of Topliss-reactive ketones (excluding diaryl/α,β-unsaturated/α-hetero) is 1. The Labute approximate surface area is 189 Å². The molecule has 8 nitrogen and oxygen atoms in total. The number of benzene rings is 3. The van der Waals surface area contributed by atoms with Gasteiger partial charge < -0.3 is 14.6 Å². The van der Waals surface area contributed by atoms with Gasteiger partial charge in [-0.1, -0.05) is 18.2 Å². The Bertz CT molecular complexity index is 1350. The number of carbonyl (C=O) groups is 2. The molecular formula is C25H20N2O6. The number of ether oxygens (including phenoxy) is 2. The third-order valence-electron chi connectivity index (χ3n) is 5.20. The second-order valence-corrected chi connectivity index (χ2v) is 7.21. The first-order valence-corrected chi connectivity index (χ1v) is 10.0. The number of nitrogens with zero attached hydrogens (tertiary/aromatic N) is 2. The van der Waals surface area contributed by atoms with Gasteiger partial charge in [-0.05, 0) is 70.0 Å². The lowest BCUT2D eigenvalue weighted by Crippen LogP contribution is -2.14. The van der Waals surface area contributed by atoms with Gasteiger partial charge in [-0.25, -0.2) is 9.42 Å². The summed E-state index contributed by atoms with van der Waals surface area (Å²) in [5.41, 5.74) is 2.28. The predicted molar refractivity (Wildman–Crippen MR) is 120 cm³/mol. The van der Waals surface area contributed by atoms with Gasteiger partial charge in [-0.3, -0.25) is 4.79 Å². The summed E-state index contributed by atoms with van der Waals surface area (Å²) in [6.45, 7) is 0. The smallest absolute Gasteiger partial charge is 0.336 e. The van der Waals surface area contributed by atoms with E-state index in [9.17, 15) is 14.7 Å². The normalized spacial score (nSPS) is 11.7. The second kappa shape index (κ2) is 9.35. The van der Waals surface area contributed by atoms with Crippen molar-refractivity contribution in [3.05, 3.63) is 89.0 Å². The average molecular weight is 444 g/mol. The van der Waals surface area contributed by atoms with Crippen LogP contribution in [0, 0.1) is 0 Å². The molecule has 8 heteroatoms. The van der Waals surface area contributed by atoms with E-state index in [0.717, 1.165) is 5.56 Å². The number of aromatic nitrogens is 2. The molecule has 0 saturated carbocycles. The Morgan fingerprint density at radius 2 is 1.55 bits per heavy atom. The van der Waals surface area contributed by atoms with E-state index in [4.69, 9.17) is 14.1 Å². The first-order valence-electron chi connectivity index (χ1n) is 10.0. The lowest BCUT2D eigenvalue weighted by atomic mass is 9.89. The number of fused-ring (bicyclic) bond motifs is 1. The molecule has 1 heterocycles. The molecule has 166 valence electrons. The van der Waals surface area contributed by atoms with Crippen LogP contribution in [0.3, 0.4) is 0 Å². The molecule has 0 aliphatic heterocycles. The monoisotopic (exact) mass is 444 g/mol. The highest BCUT2D eigenvalue weighted by molar-refractivity contribution is 6.26. The molecule has 0 amide bonds. The predicted octanol–water partition coefficient (Wildman–Crippen LogP) is 4.20. The van der Waals surface area contributed by atoms with Crippen molar-refractivity contribution in [3.63, 3.8) is 0 Å². The molecule has 0 aliphatic carbocycles. The molecule has 0 aliphatic rings. The van der Waals surface area contributed by atoms with Gasteiger partial charge >= 0.3 is 5.97 Å². The minimum Gasteiger partial charge on any atom is -0.497 e. The van der Waals surface area contributed by atoms with E-state index in [1.807, 2.05) is 6.07 Å². The number of aliphatic carboxylic acids is 1. The maximum atomic E-state index is 13.6. The largest absolute Gasteiger partial charge is 0.497 e.